The molecule has 4 N–H and O–H groups in total. The summed E-state index contributed by atoms with van der Waals surface area (Å²) in [6, 6.07) is -0.755. The maximum atomic E-state index is 11.0. The number of rotatable bonds is 4. The highest BCUT2D eigenvalue weighted by Crippen LogP contribution is 2.02. The smallest absolute Gasteiger partial charge is 0.153 e. The van der Waals surface area contributed by atoms with E-state index in [1.165, 1.54) is 0 Å². The zero-order valence-electron chi connectivity index (χ0n) is 6.82. The molecule has 0 spiro atoms. The van der Waals surface area contributed by atoms with Crippen molar-refractivity contribution in [1.29, 1.82) is 0 Å². The first-order valence-corrected chi connectivity index (χ1v) is 3.60. The van der Waals surface area contributed by atoms with E-state index >= 15 is 0 Å². The fourth-order valence-electron chi connectivity index (χ4n) is 0.771. The Morgan fingerprint density at radius 1 is 1.45 bits per heavy atom. The molecule has 1 atom stereocenters. The zero-order chi connectivity index (χ0) is 9.02. The van der Waals surface area contributed by atoms with E-state index in [-0.39, 0.29) is 18.1 Å². The van der Waals surface area contributed by atoms with Gasteiger partial charge < -0.3 is 15.9 Å². The Hall–Kier alpha value is -0.450. The van der Waals surface area contributed by atoms with Crippen LogP contribution in [-0.2, 0) is 4.79 Å². The molecule has 0 unspecified atom stereocenters. The van der Waals surface area contributed by atoms with Crippen LogP contribution < -0.4 is 5.73 Å². The van der Waals surface area contributed by atoms with E-state index in [1.54, 1.807) is 13.8 Å². The van der Waals surface area contributed by atoms with Crippen molar-refractivity contribution in [1.82, 2.24) is 0 Å². The van der Waals surface area contributed by atoms with Gasteiger partial charge in [-0.1, -0.05) is 13.8 Å². The number of nitrogens with two attached hydrogens (primary N) is 1. The number of hydrogen-bond donors (Lipinski definition) is 3. The number of carbonyl (C=O) groups is 1. The summed E-state index contributed by atoms with van der Waals surface area (Å²) in [5.41, 5.74) is 5.35. The third-order valence-corrected chi connectivity index (χ3v) is 1.40. The van der Waals surface area contributed by atoms with Gasteiger partial charge in [0.15, 0.2) is 12.1 Å². The van der Waals surface area contributed by atoms with Crippen molar-refractivity contribution in [2.24, 2.45) is 11.7 Å². The highest BCUT2D eigenvalue weighted by molar-refractivity contribution is 5.85. The topological polar surface area (TPSA) is 83.6 Å². The Balaban J connectivity index is 3.83. The van der Waals surface area contributed by atoms with E-state index in [0.717, 1.165) is 0 Å². The second-order valence-electron chi connectivity index (χ2n) is 2.88. The molecule has 0 aromatic carbocycles. The number of Topliss-reactive ketones (excluding diaryl/α,β-unsaturated/α-hetero) is 1. The van der Waals surface area contributed by atoms with Crippen molar-refractivity contribution in [3.05, 3.63) is 0 Å². The first kappa shape index (κ1) is 10.6. The number of aliphatic hydroxyl groups excluding tert-OH is 1. The van der Waals surface area contributed by atoms with Crippen LogP contribution in [0.2, 0.25) is 0 Å². The Bertz CT molecular complexity index is 134. The van der Waals surface area contributed by atoms with E-state index < -0.39 is 12.3 Å². The molecule has 4 heteroatoms. The van der Waals surface area contributed by atoms with Gasteiger partial charge in [0.1, 0.15) is 0 Å². The average Bonchev–Trinajstić information content (AvgIpc) is 1.84. The lowest BCUT2D eigenvalue weighted by molar-refractivity contribution is -0.126. The van der Waals surface area contributed by atoms with Crippen molar-refractivity contribution in [3.63, 3.8) is 0 Å². The zero-order valence-corrected chi connectivity index (χ0v) is 6.82. The van der Waals surface area contributed by atoms with Crippen LogP contribution in [0.5, 0.6) is 0 Å². The fraction of sp³-hybridized carbons (Fsp3) is 0.857. The fourth-order valence-corrected chi connectivity index (χ4v) is 0.771. The molecule has 0 bridgehead atoms. The third-order valence-electron chi connectivity index (χ3n) is 1.40. The molecule has 4 nitrogen and oxygen atoms in total. The van der Waals surface area contributed by atoms with Gasteiger partial charge >= 0.3 is 0 Å². The second kappa shape index (κ2) is 4.43. The highest BCUT2D eigenvalue weighted by Gasteiger charge is 2.18. The minimum absolute atomic E-state index is 0.0863. The number of carbonyl (C=O) groups excluding carboxylic acids is 1. The SMILES string of the molecule is CC(C)C(=O)[C@@H](N)CC(O)O. The van der Waals surface area contributed by atoms with Gasteiger partial charge in [-0.25, -0.2) is 0 Å². The molecule has 0 amide bonds. The van der Waals surface area contributed by atoms with Gasteiger partial charge in [0.05, 0.1) is 6.04 Å². The molecule has 66 valence electrons. The molecule has 0 rings (SSSR count). The second-order valence-corrected chi connectivity index (χ2v) is 2.88. The molecule has 0 fully saturated rings. The number of ketones is 1. The van der Waals surface area contributed by atoms with Crippen molar-refractivity contribution in [2.75, 3.05) is 0 Å². The van der Waals surface area contributed by atoms with Crippen LogP contribution >= 0.6 is 0 Å². The highest BCUT2D eigenvalue weighted by atomic mass is 16.5. The average molecular weight is 161 g/mol. The number of aliphatic hydroxyl groups is 2. The van der Waals surface area contributed by atoms with Gasteiger partial charge in [0, 0.05) is 12.3 Å². The number of hydrogen-bond acceptors (Lipinski definition) is 4. The van der Waals surface area contributed by atoms with Gasteiger partial charge in [0.25, 0.3) is 0 Å². The largest absolute Gasteiger partial charge is 0.368 e. The molecule has 0 saturated heterocycles. The lowest BCUT2D eigenvalue weighted by Crippen LogP contribution is -2.36. The van der Waals surface area contributed by atoms with E-state index in [9.17, 15) is 4.79 Å². The summed E-state index contributed by atoms with van der Waals surface area (Å²) in [4.78, 5) is 11.0. The van der Waals surface area contributed by atoms with Crippen molar-refractivity contribution in [2.45, 2.75) is 32.6 Å². The molecule has 0 aliphatic rings. The molecule has 0 saturated carbocycles. The van der Waals surface area contributed by atoms with Gasteiger partial charge in [-0.2, -0.15) is 0 Å². The van der Waals surface area contributed by atoms with Crippen LogP contribution in [0, 0.1) is 5.92 Å². The lowest BCUT2D eigenvalue weighted by Gasteiger charge is -2.13. The van der Waals surface area contributed by atoms with Crippen molar-refractivity contribution in [3.8, 4) is 0 Å². The minimum atomic E-state index is -1.49. The Morgan fingerprint density at radius 3 is 2.18 bits per heavy atom. The van der Waals surface area contributed by atoms with Crippen LogP contribution in [0.3, 0.4) is 0 Å². The molecular weight excluding hydrogens is 146 g/mol. The summed E-state index contributed by atoms with van der Waals surface area (Å²) >= 11 is 0. The summed E-state index contributed by atoms with van der Waals surface area (Å²) in [6.45, 7) is 3.46. The van der Waals surface area contributed by atoms with Gasteiger partial charge in [0.2, 0.25) is 0 Å². The van der Waals surface area contributed by atoms with Crippen LogP contribution in [-0.4, -0.2) is 28.3 Å². The van der Waals surface area contributed by atoms with E-state index in [4.69, 9.17) is 15.9 Å². The monoisotopic (exact) mass is 161 g/mol. The summed E-state index contributed by atoms with van der Waals surface area (Å²) in [7, 11) is 0. The van der Waals surface area contributed by atoms with Crippen LogP contribution in [0.4, 0.5) is 0 Å². The van der Waals surface area contributed by atoms with Gasteiger partial charge in [-0.05, 0) is 0 Å². The first-order valence-electron chi connectivity index (χ1n) is 3.60. The van der Waals surface area contributed by atoms with Gasteiger partial charge in [-0.15, -0.1) is 0 Å². The Labute approximate surface area is 66.0 Å². The standard InChI is InChI=1S/C7H15NO3/c1-4(2)7(11)5(8)3-6(9)10/h4-6,9-10H,3,8H2,1-2H3/t5-/m0/s1. The molecule has 0 aromatic rings. The molecule has 11 heavy (non-hydrogen) atoms. The first-order chi connectivity index (χ1) is 4.95. The van der Waals surface area contributed by atoms with E-state index in [1.807, 2.05) is 0 Å². The quantitative estimate of drug-likeness (QED) is 0.473. The third kappa shape index (κ3) is 4.08. The van der Waals surface area contributed by atoms with E-state index in [0.29, 0.717) is 0 Å². The minimum Gasteiger partial charge on any atom is -0.368 e. The maximum Gasteiger partial charge on any atom is 0.153 e. The molecule has 0 aliphatic carbocycles. The van der Waals surface area contributed by atoms with E-state index in [2.05, 4.69) is 0 Å². The molecule has 0 radical (unpaired) electrons. The molecule has 0 aromatic heterocycles. The molecule has 0 aliphatic heterocycles. The molecule has 0 heterocycles. The van der Waals surface area contributed by atoms with Crippen LogP contribution in [0.1, 0.15) is 20.3 Å². The summed E-state index contributed by atoms with van der Waals surface area (Å²) < 4.78 is 0. The summed E-state index contributed by atoms with van der Waals surface area (Å²) in [5.74, 6) is -0.290. The Morgan fingerprint density at radius 2 is 1.91 bits per heavy atom. The predicted molar refractivity (Wildman–Crippen MR) is 40.7 cm³/mol. The van der Waals surface area contributed by atoms with Crippen LogP contribution in [0.25, 0.3) is 0 Å². The molecular formula is C7H15NO3. The normalized spacial score (nSPS) is 14.1. The summed E-state index contributed by atoms with van der Waals surface area (Å²) in [6.07, 6.45) is -1.58. The van der Waals surface area contributed by atoms with Crippen molar-refractivity contribution >= 4 is 5.78 Å². The van der Waals surface area contributed by atoms with Gasteiger partial charge in [-0.3, -0.25) is 4.79 Å². The maximum absolute atomic E-state index is 11.0. The van der Waals surface area contributed by atoms with Crippen LogP contribution in [0.15, 0.2) is 0 Å². The predicted octanol–water partition coefficient (Wildman–Crippen LogP) is -0.760. The Kier molecular flexibility index (Phi) is 4.25. The van der Waals surface area contributed by atoms with Crippen molar-refractivity contribution < 1.29 is 15.0 Å². The summed E-state index contributed by atoms with van der Waals surface area (Å²) in [5, 5.41) is 17.0. The lowest BCUT2D eigenvalue weighted by atomic mass is 10.0.